The van der Waals surface area contributed by atoms with Gasteiger partial charge >= 0.3 is 5.97 Å². The molecule has 1 unspecified atom stereocenters. The lowest BCUT2D eigenvalue weighted by molar-refractivity contribution is -0.164. The van der Waals surface area contributed by atoms with E-state index in [1.54, 1.807) is 44.6 Å². The first-order chi connectivity index (χ1) is 16.8. The van der Waals surface area contributed by atoms with Crippen molar-refractivity contribution in [2.24, 2.45) is 0 Å². The minimum atomic E-state index is -1.37. The second-order valence-electron chi connectivity index (χ2n) is 8.09. The van der Waals surface area contributed by atoms with E-state index in [-0.39, 0.29) is 24.4 Å². The van der Waals surface area contributed by atoms with Gasteiger partial charge in [-0.25, -0.2) is 0 Å². The number of carbonyl (C=O) groups excluding carboxylic acids is 2. The number of fused-ring (bicyclic) bond motifs is 1. The third-order valence-electron chi connectivity index (χ3n) is 5.92. The molecule has 1 amide bonds. The first-order valence-corrected chi connectivity index (χ1v) is 11.1. The quantitative estimate of drug-likeness (QED) is 0.512. The van der Waals surface area contributed by atoms with E-state index in [2.05, 4.69) is 10.3 Å². The maximum atomic E-state index is 13.7. The summed E-state index contributed by atoms with van der Waals surface area (Å²) < 4.78 is 5.28. The summed E-state index contributed by atoms with van der Waals surface area (Å²) in [6.45, 7) is 3.32. The number of methoxy groups -OCH3 is 1. The number of nitrogens with zero attached hydrogens (tertiary/aromatic N) is 3. The molecular weight excluding hydrogens is 448 g/mol. The molecule has 2 N–H and O–H groups in total. The Morgan fingerprint density at radius 2 is 1.91 bits per heavy atom. The lowest BCUT2D eigenvalue weighted by atomic mass is 9.96. The number of benzene rings is 2. The molecule has 0 saturated heterocycles. The highest BCUT2D eigenvalue weighted by atomic mass is 16.5. The van der Waals surface area contributed by atoms with Crippen molar-refractivity contribution >= 4 is 34.1 Å². The molecular formula is C26H26N4O5. The van der Waals surface area contributed by atoms with Crippen LogP contribution in [0.5, 0.6) is 5.75 Å². The Labute approximate surface area is 202 Å². The molecule has 0 bridgehead atoms. The highest BCUT2D eigenvalue weighted by Crippen LogP contribution is 2.31. The monoisotopic (exact) mass is 474 g/mol. The van der Waals surface area contributed by atoms with Gasteiger partial charge in [0.25, 0.3) is 5.91 Å². The lowest BCUT2D eigenvalue weighted by Crippen LogP contribution is -2.60. The number of carbonyl (C=O) groups is 3. The number of carboxylic acids is 1. The minimum Gasteiger partial charge on any atom is -0.497 e. The number of hydrogen-bond donors (Lipinski definition) is 2. The van der Waals surface area contributed by atoms with Gasteiger partial charge in [0.05, 0.1) is 24.6 Å². The normalized spacial score (nSPS) is 16.5. The summed E-state index contributed by atoms with van der Waals surface area (Å²) in [5.74, 6) is -1.63. The van der Waals surface area contributed by atoms with Crippen LogP contribution in [0.25, 0.3) is 10.8 Å². The van der Waals surface area contributed by atoms with Gasteiger partial charge in [0, 0.05) is 30.1 Å². The van der Waals surface area contributed by atoms with Gasteiger partial charge in [0.1, 0.15) is 11.4 Å². The van der Waals surface area contributed by atoms with Gasteiger partial charge in [0.2, 0.25) is 0 Å². The van der Waals surface area contributed by atoms with Crippen molar-refractivity contribution in [2.45, 2.75) is 26.4 Å². The van der Waals surface area contributed by atoms with Crippen LogP contribution in [-0.4, -0.2) is 57.5 Å². The summed E-state index contributed by atoms with van der Waals surface area (Å²) in [5.41, 5.74) is 1.07. The van der Waals surface area contributed by atoms with Gasteiger partial charge in [-0.3, -0.25) is 24.4 Å². The number of ether oxygens (including phenoxy) is 1. The van der Waals surface area contributed by atoms with E-state index in [4.69, 9.17) is 4.74 Å². The van der Waals surface area contributed by atoms with E-state index in [9.17, 15) is 19.5 Å². The second kappa shape index (κ2) is 9.94. The molecule has 1 aromatic heterocycles. The number of carboxylic acid groups (broad SMARTS) is 1. The average Bonchev–Trinajstić information content (AvgIpc) is 2.85. The van der Waals surface area contributed by atoms with Crippen molar-refractivity contribution in [2.75, 3.05) is 19.0 Å². The molecule has 0 radical (unpaired) electrons. The smallest absolute Gasteiger partial charge is 0.327 e. The van der Waals surface area contributed by atoms with Crippen LogP contribution in [0.15, 0.2) is 72.2 Å². The minimum absolute atomic E-state index is 0.0632. The number of ketones is 1. The van der Waals surface area contributed by atoms with Crippen LogP contribution in [0.3, 0.4) is 0 Å². The molecule has 35 heavy (non-hydrogen) atoms. The zero-order valence-corrected chi connectivity index (χ0v) is 19.7. The Bertz CT molecular complexity index is 1330. The Hall–Kier alpha value is -4.24. The van der Waals surface area contributed by atoms with E-state index >= 15 is 0 Å². The molecule has 2 aromatic carbocycles. The van der Waals surface area contributed by atoms with E-state index in [0.29, 0.717) is 11.4 Å². The van der Waals surface area contributed by atoms with E-state index in [0.717, 1.165) is 16.3 Å². The fourth-order valence-corrected chi connectivity index (χ4v) is 4.34. The van der Waals surface area contributed by atoms with Crippen LogP contribution in [0.4, 0.5) is 5.69 Å². The van der Waals surface area contributed by atoms with Gasteiger partial charge < -0.3 is 15.2 Å². The summed E-state index contributed by atoms with van der Waals surface area (Å²) in [4.78, 5) is 43.3. The van der Waals surface area contributed by atoms with E-state index < -0.39 is 23.7 Å². The Morgan fingerprint density at radius 3 is 2.60 bits per heavy atom. The molecule has 0 spiro atoms. The number of aromatic nitrogens is 1. The van der Waals surface area contributed by atoms with Gasteiger partial charge in [-0.15, -0.1) is 0 Å². The first-order valence-electron chi connectivity index (χ1n) is 11.1. The van der Waals surface area contributed by atoms with Crippen molar-refractivity contribution in [3.05, 3.63) is 77.8 Å². The van der Waals surface area contributed by atoms with Crippen molar-refractivity contribution in [3.63, 3.8) is 0 Å². The predicted octanol–water partition coefficient (Wildman–Crippen LogP) is 3.23. The number of Topliss-reactive ketones (excluding diaryl/α,β-unsaturated/α-hetero) is 1. The fourth-order valence-electron chi connectivity index (χ4n) is 4.34. The van der Waals surface area contributed by atoms with Crippen LogP contribution in [-0.2, 0) is 20.9 Å². The molecule has 9 heteroatoms. The zero-order valence-electron chi connectivity index (χ0n) is 19.7. The molecule has 0 fully saturated rings. The van der Waals surface area contributed by atoms with E-state index in [1.807, 2.05) is 30.3 Å². The fraction of sp³-hybridized carbons (Fsp3) is 0.231. The highest BCUT2D eigenvalue weighted by Gasteiger charge is 2.45. The lowest BCUT2D eigenvalue weighted by Gasteiger charge is -2.43. The molecule has 9 nitrogen and oxygen atoms in total. The Balaban J connectivity index is 1.84. The predicted molar refractivity (Wildman–Crippen MR) is 130 cm³/mol. The molecule has 4 rings (SSSR count). The first kappa shape index (κ1) is 23.9. The summed E-state index contributed by atoms with van der Waals surface area (Å²) in [6, 6.07) is 13.2. The number of hydrazine groups is 1. The van der Waals surface area contributed by atoms with Crippen molar-refractivity contribution in [3.8, 4) is 5.75 Å². The third kappa shape index (κ3) is 4.58. The molecule has 1 aliphatic rings. The second-order valence-corrected chi connectivity index (χ2v) is 8.09. The Kier molecular flexibility index (Phi) is 6.79. The highest BCUT2D eigenvalue weighted by molar-refractivity contribution is 6.12. The molecule has 0 aliphatic carbocycles. The van der Waals surface area contributed by atoms with Crippen LogP contribution >= 0.6 is 0 Å². The zero-order chi connectivity index (χ0) is 25.1. The van der Waals surface area contributed by atoms with Gasteiger partial charge in [-0.1, -0.05) is 36.4 Å². The van der Waals surface area contributed by atoms with Gasteiger partial charge in [0.15, 0.2) is 11.8 Å². The summed E-state index contributed by atoms with van der Waals surface area (Å²) in [5, 5.41) is 17.7. The Morgan fingerprint density at radius 1 is 1.14 bits per heavy atom. The average molecular weight is 475 g/mol. The van der Waals surface area contributed by atoms with Crippen molar-refractivity contribution in [1.29, 1.82) is 0 Å². The number of rotatable bonds is 8. The van der Waals surface area contributed by atoms with Crippen LogP contribution < -0.4 is 10.1 Å². The van der Waals surface area contributed by atoms with Crippen molar-refractivity contribution in [1.82, 2.24) is 15.0 Å². The molecule has 3 aromatic rings. The molecule has 2 heterocycles. The number of amides is 1. The number of likely N-dealkylation sites (N-methyl/N-ethyl adjacent to an activating group) is 1. The maximum absolute atomic E-state index is 13.7. The summed E-state index contributed by atoms with van der Waals surface area (Å²) >= 11 is 0. The summed E-state index contributed by atoms with van der Waals surface area (Å²) in [6.07, 6.45) is 3.24. The van der Waals surface area contributed by atoms with Crippen molar-refractivity contribution < 1.29 is 24.2 Å². The maximum Gasteiger partial charge on any atom is 0.327 e. The van der Waals surface area contributed by atoms with Crippen LogP contribution in [0.1, 0.15) is 19.4 Å². The van der Waals surface area contributed by atoms with Crippen LogP contribution in [0.2, 0.25) is 0 Å². The van der Waals surface area contributed by atoms with E-state index in [1.165, 1.54) is 16.9 Å². The standard InChI is InChI=1S/C26H26N4O5/c1-4-29-25(32)23(28-21-14-27-13-18-9-5-6-11-20(18)21)22(16(2)31)24(26(33)34)30(29)15-17-8-7-10-19(12-17)35-3/h5-14,24,28H,4,15H2,1-3H3,(H,33,34). The number of aliphatic carboxylic acids is 1. The molecule has 1 aliphatic heterocycles. The number of pyridine rings is 1. The van der Waals surface area contributed by atoms with Gasteiger partial charge in [-0.05, 0) is 31.5 Å². The summed E-state index contributed by atoms with van der Waals surface area (Å²) in [7, 11) is 1.54. The number of hydrogen-bond acceptors (Lipinski definition) is 7. The molecule has 1 atom stereocenters. The topological polar surface area (TPSA) is 112 Å². The largest absolute Gasteiger partial charge is 0.497 e. The van der Waals surface area contributed by atoms with Gasteiger partial charge in [-0.2, -0.15) is 5.01 Å². The number of nitrogens with one attached hydrogen (secondary N) is 1. The molecule has 180 valence electrons. The third-order valence-corrected chi connectivity index (χ3v) is 5.92. The number of anilines is 1. The molecule has 0 saturated carbocycles. The van der Waals surface area contributed by atoms with Crippen LogP contribution in [0, 0.1) is 0 Å². The SMILES string of the molecule is CCN1C(=O)C(Nc2cncc3ccccc23)=C(C(C)=O)C(C(=O)O)N1Cc1cccc(OC)c1.